The summed E-state index contributed by atoms with van der Waals surface area (Å²) < 4.78 is 35.5. The number of anilines is 2. The van der Waals surface area contributed by atoms with Gasteiger partial charge in [-0.3, -0.25) is 14.8 Å². The summed E-state index contributed by atoms with van der Waals surface area (Å²) in [6.45, 7) is 10.7. The normalized spacial score (nSPS) is 16.5. The highest BCUT2D eigenvalue weighted by Crippen LogP contribution is 2.43. The highest BCUT2D eigenvalue weighted by molar-refractivity contribution is 7.90. The van der Waals surface area contributed by atoms with Crippen molar-refractivity contribution in [1.82, 2.24) is 19.8 Å². The molecule has 276 valence electrons. The van der Waals surface area contributed by atoms with Crippen molar-refractivity contribution in [2.24, 2.45) is 5.41 Å². The molecule has 4 aromatic carbocycles. The SMILES string of the molecule is CNc1ccc(S(=O)(=O)NC(=O)c2ccc(N3CCN(CC4=C(c5ccc(Cl)cc5)CC(C)(C)CC4)CC3)cc2Oc2cccc3[nH]ncc23)cc1C. The van der Waals surface area contributed by atoms with Crippen LogP contribution in [0.1, 0.15) is 54.6 Å². The minimum absolute atomic E-state index is 0.00420. The number of carbonyl (C=O) groups is 1. The van der Waals surface area contributed by atoms with Crippen LogP contribution in [-0.4, -0.2) is 69.2 Å². The van der Waals surface area contributed by atoms with E-state index in [2.05, 4.69) is 56.0 Å². The van der Waals surface area contributed by atoms with E-state index in [0.29, 0.717) is 5.75 Å². The van der Waals surface area contributed by atoms with Crippen molar-refractivity contribution in [1.29, 1.82) is 0 Å². The highest BCUT2D eigenvalue weighted by Gasteiger charge is 2.30. The zero-order chi connectivity index (χ0) is 37.3. The maximum absolute atomic E-state index is 13.7. The topological polar surface area (TPSA) is 120 Å². The van der Waals surface area contributed by atoms with Crippen molar-refractivity contribution in [2.45, 2.75) is 44.9 Å². The Kier molecular flexibility index (Phi) is 10.3. The second kappa shape index (κ2) is 14.9. The van der Waals surface area contributed by atoms with Crippen LogP contribution in [-0.2, 0) is 10.0 Å². The molecule has 1 aliphatic heterocycles. The number of amides is 1. The number of nitrogens with zero attached hydrogens (tertiary/aromatic N) is 3. The molecule has 0 unspecified atom stereocenters. The lowest BCUT2D eigenvalue weighted by Crippen LogP contribution is -2.47. The average molecular weight is 753 g/mol. The molecule has 0 saturated carbocycles. The molecule has 1 fully saturated rings. The number of H-pyrrole nitrogens is 1. The molecule has 1 aliphatic carbocycles. The van der Waals surface area contributed by atoms with Gasteiger partial charge < -0.3 is 15.0 Å². The van der Waals surface area contributed by atoms with Crippen LogP contribution in [0.15, 0.2) is 95.5 Å². The molecule has 1 aromatic heterocycles. The number of aromatic amines is 1. The summed E-state index contributed by atoms with van der Waals surface area (Å²) in [4.78, 5) is 18.5. The molecule has 10 nitrogen and oxygen atoms in total. The van der Waals surface area contributed by atoms with Crippen LogP contribution in [0.5, 0.6) is 11.5 Å². The van der Waals surface area contributed by atoms with Crippen molar-refractivity contribution in [3.05, 3.63) is 112 Å². The molecule has 1 saturated heterocycles. The Labute approximate surface area is 316 Å². The average Bonchev–Trinajstić information content (AvgIpc) is 3.63. The number of nitrogens with one attached hydrogen (secondary N) is 3. The molecule has 0 spiro atoms. The van der Waals surface area contributed by atoms with Gasteiger partial charge in [-0.05, 0) is 103 Å². The Balaban J connectivity index is 1.12. The maximum Gasteiger partial charge on any atom is 0.268 e. The predicted molar refractivity (Wildman–Crippen MR) is 213 cm³/mol. The van der Waals surface area contributed by atoms with Gasteiger partial charge in [0.25, 0.3) is 15.9 Å². The fourth-order valence-corrected chi connectivity index (χ4v) is 8.52. The standard InChI is InChI=1S/C41H45ClN6O4S/c1-27-22-32(13-15-36(27)43-4)53(50,51)46-40(49)33-14-12-31(23-39(33)52-38-7-5-6-37-35(38)25-44-45-37)48-20-18-47(19-21-48)26-29-16-17-41(2,3)24-34(29)28-8-10-30(42)11-9-28/h5-15,22-23,25,43H,16-21,24,26H2,1-4H3,(H,44,45)(H,46,49). The Hall–Kier alpha value is -4.84. The molecular weight excluding hydrogens is 708 g/mol. The molecule has 1 amide bonds. The van der Waals surface area contributed by atoms with E-state index in [1.807, 2.05) is 36.4 Å². The number of sulfonamides is 1. The van der Waals surface area contributed by atoms with Gasteiger partial charge in [0.05, 0.1) is 27.6 Å². The number of hydrogen-bond acceptors (Lipinski definition) is 8. The number of allylic oxidation sites excluding steroid dienone is 1. The third kappa shape index (κ3) is 8.07. The van der Waals surface area contributed by atoms with Crippen molar-refractivity contribution in [3.8, 4) is 11.5 Å². The molecule has 0 radical (unpaired) electrons. The first-order chi connectivity index (χ1) is 25.4. The Morgan fingerprint density at radius 1 is 0.981 bits per heavy atom. The molecule has 3 N–H and O–H groups in total. The zero-order valence-electron chi connectivity index (χ0n) is 30.5. The second-order valence-corrected chi connectivity index (χ2v) is 16.8. The number of rotatable bonds is 10. The number of aromatic nitrogens is 2. The number of aryl methyl sites for hydroxylation is 1. The van der Waals surface area contributed by atoms with Crippen LogP contribution in [0.3, 0.4) is 0 Å². The first-order valence-electron chi connectivity index (χ1n) is 17.9. The molecule has 2 aliphatic rings. The summed E-state index contributed by atoms with van der Waals surface area (Å²) in [6, 6.07) is 23.8. The van der Waals surface area contributed by atoms with Gasteiger partial charge in [-0.25, -0.2) is 13.1 Å². The number of benzene rings is 4. The van der Waals surface area contributed by atoms with E-state index in [-0.39, 0.29) is 21.6 Å². The third-order valence-corrected chi connectivity index (χ3v) is 12.0. The van der Waals surface area contributed by atoms with Gasteiger partial charge in [0.1, 0.15) is 11.5 Å². The van der Waals surface area contributed by atoms with Gasteiger partial charge in [0.15, 0.2) is 0 Å². The van der Waals surface area contributed by atoms with Crippen molar-refractivity contribution >= 4 is 55.4 Å². The van der Waals surface area contributed by atoms with Crippen molar-refractivity contribution in [3.63, 3.8) is 0 Å². The van der Waals surface area contributed by atoms with E-state index in [4.69, 9.17) is 16.3 Å². The summed E-state index contributed by atoms with van der Waals surface area (Å²) >= 11 is 6.23. The molecule has 0 atom stereocenters. The lowest BCUT2D eigenvalue weighted by Gasteiger charge is -2.39. The van der Waals surface area contributed by atoms with Gasteiger partial charge in [-0.15, -0.1) is 0 Å². The van der Waals surface area contributed by atoms with Crippen LogP contribution in [0.2, 0.25) is 5.02 Å². The van der Waals surface area contributed by atoms with E-state index in [1.54, 1.807) is 38.4 Å². The Bertz CT molecular complexity index is 2290. The van der Waals surface area contributed by atoms with Gasteiger partial charge in [0.2, 0.25) is 0 Å². The lowest BCUT2D eigenvalue weighted by atomic mass is 9.72. The van der Waals surface area contributed by atoms with Gasteiger partial charge >= 0.3 is 0 Å². The summed E-state index contributed by atoms with van der Waals surface area (Å²) in [6.07, 6.45) is 4.95. The van der Waals surface area contributed by atoms with Crippen LogP contribution in [0.4, 0.5) is 11.4 Å². The number of carbonyl (C=O) groups excluding carboxylic acids is 1. The fraction of sp³-hybridized carbons (Fsp3) is 0.317. The van der Waals surface area contributed by atoms with Gasteiger partial charge in [0, 0.05) is 62.2 Å². The highest BCUT2D eigenvalue weighted by atomic mass is 35.5. The molecular formula is C41H45ClN6O4S. The molecule has 7 rings (SSSR count). The Morgan fingerprint density at radius 3 is 2.49 bits per heavy atom. The van der Waals surface area contributed by atoms with E-state index in [9.17, 15) is 13.2 Å². The molecule has 53 heavy (non-hydrogen) atoms. The summed E-state index contributed by atoms with van der Waals surface area (Å²) in [7, 11) is -2.41. The molecule has 5 aromatic rings. The van der Waals surface area contributed by atoms with Crippen LogP contribution in [0.25, 0.3) is 16.5 Å². The summed E-state index contributed by atoms with van der Waals surface area (Å²) in [5.41, 5.74) is 7.76. The van der Waals surface area contributed by atoms with Crippen LogP contribution >= 0.6 is 11.6 Å². The van der Waals surface area contributed by atoms with Crippen molar-refractivity contribution < 1.29 is 17.9 Å². The molecule has 2 heterocycles. The van der Waals surface area contributed by atoms with Crippen LogP contribution < -0.4 is 19.7 Å². The Morgan fingerprint density at radius 2 is 1.75 bits per heavy atom. The lowest BCUT2D eigenvalue weighted by molar-refractivity contribution is 0.0979. The minimum Gasteiger partial charge on any atom is -0.456 e. The second-order valence-electron chi connectivity index (χ2n) is 14.7. The smallest absolute Gasteiger partial charge is 0.268 e. The first-order valence-corrected chi connectivity index (χ1v) is 19.8. The number of piperazine rings is 1. The first kappa shape index (κ1) is 36.5. The summed E-state index contributed by atoms with van der Waals surface area (Å²) in [5, 5.41) is 11.6. The monoisotopic (exact) mass is 752 g/mol. The number of halogens is 1. The largest absolute Gasteiger partial charge is 0.456 e. The number of ether oxygens (including phenoxy) is 1. The number of hydrogen-bond donors (Lipinski definition) is 3. The predicted octanol–water partition coefficient (Wildman–Crippen LogP) is 8.26. The molecule has 12 heteroatoms. The van der Waals surface area contributed by atoms with Gasteiger partial charge in [-0.1, -0.05) is 49.2 Å². The van der Waals surface area contributed by atoms with Crippen LogP contribution in [0, 0.1) is 12.3 Å². The number of fused-ring (bicyclic) bond motifs is 1. The van der Waals surface area contributed by atoms with E-state index in [1.165, 1.54) is 28.8 Å². The van der Waals surface area contributed by atoms with Crippen molar-refractivity contribution in [2.75, 3.05) is 50.0 Å². The van der Waals surface area contributed by atoms with E-state index in [0.717, 1.165) is 84.9 Å². The summed E-state index contributed by atoms with van der Waals surface area (Å²) in [5.74, 6) is -0.0454. The third-order valence-electron chi connectivity index (χ3n) is 10.4. The van der Waals surface area contributed by atoms with E-state index >= 15 is 0 Å². The van der Waals surface area contributed by atoms with Gasteiger partial charge in [-0.2, -0.15) is 5.10 Å². The quantitative estimate of drug-likeness (QED) is 0.131. The minimum atomic E-state index is -4.17. The maximum atomic E-state index is 13.7. The van der Waals surface area contributed by atoms with E-state index < -0.39 is 15.9 Å². The zero-order valence-corrected chi connectivity index (χ0v) is 32.1. The molecule has 0 bridgehead atoms. The fourth-order valence-electron chi connectivity index (χ4n) is 7.35.